The van der Waals surface area contributed by atoms with Crippen molar-refractivity contribution >= 4 is 28.9 Å². The van der Waals surface area contributed by atoms with Gasteiger partial charge in [-0.1, -0.05) is 38.1 Å². The molecule has 8 heteroatoms. The summed E-state index contributed by atoms with van der Waals surface area (Å²) in [6.45, 7) is 4.16. The zero-order valence-electron chi connectivity index (χ0n) is 17.7. The van der Waals surface area contributed by atoms with Crippen molar-refractivity contribution in [2.75, 3.05) is 19.5 Å². The first-order valence-corrected chi connectivity index (χ1v) is 10.6. The third-order valence-corrected chi connectivity index (χ3v) is 5.65. The third-order valence-electron chi connectivity index (χ3n) is 4.87. The number of thiazole rings is 1. The van der Waals surface area contributed by atoms with E-state index in [1.54, 1.807) is 18.6 Å². The van der Waals surface area contributed by atoms with Crippen molar-refractivity contribution < 1.29 is 17.9 Å². The Morgan fingerprint density at radius 3 is 2.45 bits per heavy atom. The van der Waals surface area contributed by atoms with Gasteiger partial charge in [0.2, 0.25) is 0 Å². The van der Waals surface area contributed by atoms with Crippen molar-refractivity contribution in [1.29, 1.82) is 0 Å². The normalized spacial score (nSPS) is 12.0. The molecule has 3 aromatic rings. The molecular formula is C23H24F3N3OS. The number of aromatic nitrogens is 1. The summed E-state index contributed by atoms with van der Waals surface area (Å²) < 4.78 is 48.0. The fraction of sp³-hybridized carbons (Fsp3) is 0.304. The Bertz CT molecular complexity index is 1040. The molecule has 0 saturated carbocycles. The Hall–Kier alpha value is -2.87. The number of hydrogen-bond donors (Lipinski definition) is 1. The van der Waals surface area contributed by atoms with E-state index in [1.807, 2.05) is 24.3 Å². The molecule has 1 heterocycles. The second kappa shape index (κ2) is 9.51. The molecule has 31 heavy (non-hydrogen) atoms. The summed E-state index contributed by atoms with van der Waals surface area (Å²) in [5, 5.41) is 5.15. The predicted octanol–water partition coefficient (Wildman–Crippen LogP) is 6.68. The summed E-state index contributed by atoms with van der Waals surface area (Å²) in [5.41, 5.74) is 1.13. The smallest absolute Gasteiger partial charge is 0.418 e. The van der Waals surface area contributed by atoms with Crippen LogP contribution in [0.1, 0.15) is 47.0 Å². The fourth-order valence-corrected chi connectivity index (χ4v) is 3.93. The largest absolute Gasteiger partial charge is 0.494 e. The van der Waals surface area contributed by atoms with E-state index in [4.69, 9.17) is 4.74 Å². The number of nitrogens with one attached hydrogen (secondary N) is 1. The molecule has 0 radical (unpaired) electrons. The Morgan fingerprint density at radius 1 is 1.23 bits per heavy atom. The molecule has 2 aromatic carbocycles. The molecule has 0 aliphatic rings. The number of ether oxygens (including phenoxy) is 1. The maximum atomic E-state index is 14.2. The number of nitrogens with zero attached hydrogens (tertiary/aromatic N) is 2. The minimum atomic E-state index is -4.60. The molecule has 0 atom stereocenters. The number of alkyl halides is 3. The standard InChI is InChI=1S/C23H24F3N3OS/c1-14(2)16-7-5-15(6-8-16)13-29-22-20(23(24,25)26)17(12-19-28-9-10-31-19)11-18(30-4)21(22)27-3/h5-11,13-14,27H,12H2,1-4H3. The van der Waals surface area contributed by atoms with Crippen LogP contribution >= 0.6 is 11.3 Å². The van der Waals surface area contributed by atoms with Gasteiger partial charge in [0.05, 0.1) is 17.7 Å². The van der Waals surface area contributed by atoms with Gasteiger partial charge >= 0.3 is 6.18 Å². The molecule has 0 aliphatic heterocycles. The van der Waals surface area contributed by atoms with E-state index in [-0.39, 0.29) is 23.4 Å². The summed E-state index contributed by atoms with van der Waals surface area (Å²) in [6, 6.07) is 9.01. The van der Waals surface area contributed by atoms with Crippen LogP contribution < -0.4 is 10.1 Å². The van der Waals surface area contributed by atoms with E-state index in [9.17, 15) is 13.2 Å². The fourth-order valence-electron chi connectivity index (χ4n) is 3.29. The summed E-state index contributed by atoms with van der Waals surface area (Å²) in [5.74, 6) is 0.662. The molecule has 164 valence electrons. The minimum Gasteiger partial charge on any atom is -0.494 e. The summed E-state index contributed by atoms with van der Waals surface area (Å²) in [6.07, 6.45) is -1.54. The van der Waals surface area contributed by atoms with Crippen molar-refractivity contribution in [3.05, 3.63) is 69.2 Å². The van der Waals surface area contributed by atoms with Crippen molar-refractivity contribution in [2.24, 2.45) is 4.99 Å². The summed E-state index contributed by atoms with van der Waals surface area (Å²) in [4.78, 5) is 8.42. The Morgan fingerprint density at radius 2 is 1.94 bits per heavy atom. The summed E-state index contributed by atoms with van der Waals surface area (Å²) in [7, 11) is 2.98. The van der Waals surface area contributed by atoms with Gasteiger partial charge in [-0.25, -0.2) is 4.98 Å². The van der Waals surface area contributed by atoms with Crippen LogP contribution in [0.15, 0.2) is 46.9 Å². The second-order valence-corrected chi connectivity index (χ2v) is 8.25. The third kappa shape index (κ3) is 5.25. The predicted molar refractivity (Wildman–Crippen MR) is 120 cm³/mol. The lowest BCUT2D eigenvalue weighted by Crippen LogP contribution is -2.12. The quantitative estimate of drug-likeness (QED) is 0.411. The highest BCUT2D eigenvalue weighted by Gasteiger charge is 2.38. The topological polar surface area (TPSA) is 46.5 Å². The SMILES string of the molecule is CNc1c(OC)cc(Cc2nccs2)c(C(F)(F)F)c1N=Cc1ccc(C(C)C)cc1. The maximum absolute atomic E-state index is 14.2. The van der Waals surface area contributed by atoms with Crippen LogP contribution in [0.5, 0.6) is 5.75 Å². The van der Waals surface area contributed by atoms with Gasteiger partial charge in [0.25, 0.3) is 0 Å². The summed E-state index contributed by atoms with van der Waals surface area (Å²) >= 11 is 1.31. The van der Waals surface area contributed by atoms with E-state index in [1.165, 1.54) is 30.7 Å². The number of rotatable bonds is 7. The molecule has 1 aromatic heterocycles. The molecule has 0 aliphatic carbocycles. The molecule has 0 fully saturated rings. The van der Waals surface area contributed by atoms with Crippen LogP contribution in [0.25, 0.3) is 0 Å². The van der Waals surface area contributed by atoms with Gasteiger partial charge in [-0.2, -0.15) is 13.2 Å². The first kappa shape index (κ1) is 22.8. The lowest BCUT2D eigenvalue weighted by atomic mass is 9.99. The second-order valence-electron chi connectivity index (χ2n) is 7.27. The van der Waals surface area contributed by atoms with Crippen molar-refractivity contribution in [1.82, 2.24) is 4.98 Å². The molecule has 0 unspecified atom stereocenters. The molecule has 4 nitrogen and oxygen atoms in total. The average molecular weight is 448 g/mol. The van der Waals surface area contributed by atoms with Gasteiger partial charge in [-0.15, -0.1) is 11.3 Å². The number of methoxy groups -OCH3 is 1. The number of benzene rings is 2. The van der Waals surface area contributed by atoms with Crippen molar-refractivity contribution in [3.8, 4) is 5.75 Å². The lowest BCUT2D eigenvalue weighted by molar-refractivity contribution is -0.137. The van der Waals surface area contributed by atoms with Crippen molar-refractivity contribution in [2.45, 2.75) is 32.4 Å². The number of halogens is 3. The Labute approximate surface area is 183 Å². The zero-order valence-corrected chi connectivity index (χ0v) is 18.6. The van der Waals surface area contributed by atoms with Crippen LogP contribution in [0.4, 0.5) is 24.5 Å². The first-order chi connectivity index (χ1) is 14.7. The van der Waals surface area contributed by atoms with E-state index in [0.29, 0.717) is 22.2 Å². The van der Waals surface area contributed by atoms with Crippen LogP contribution in [-0.4, -0.2) is 25.4 Å². The lowest BCUT2D eigenvalue weighted by Gasteiger charge is -2.20. The highest BCUT2D eigenvalue weighted by molar-refractivity contribution is 7.09. The molecule has 0 saturated heterocycles. The maximum Gasteiger partial charge on any atom is 0.418 e. The van der Waals surface area contributed by atoms with Crippen LogP contribution in [0.2, 0.25) is 0 Å². The molecular weight excluding hydrogens is 423 g/mol. The van der Waals surface area contributed by atoms with Gasteiger partial charge in [-0.05, 0) is 28.7 Å². The molecule has 3 rings (SSSR count). The van der Waals surface area contributed by atoms with Crippen LogP contribution in [0.3, 0.4) is 0 Å². The highest BCUT2D eigenvalue weighted by atomic mass is 32.1. The van der Waals surface area contributed by atoms with Gasteiger partial charge in [-0.3, -0.25) is 4.99 Å². The van der Waals surface area contributed by atoms with Crippen molar-refractivity contribution in [3.63, 3.8) is 0 Å². The highest BCUT2D eigenvalue weighted by Crippen LogP contribution is 2.47. The van der Waals surface area contributed by atoms with E-state index >= 15 is 0 Å². The molecule has 0 bridgehead atoms. The molecule has 0 amide bonds. The van der Waals surface area contributed by atoms with Gasteiger partial charge in [0.15, 0.2) is 0 Å². The Balaban J connectivity index is 2.15. The molecule has 1 N–H and O–H groups in total. The van der Waals surface area contributed by atoms with Gasteiger partial charge in [0.1, 0.15) is 17.1 Å². The Kier molecular flexibility index (Phi) is 7.00. The zero-order chi connectivity index (χ0) is 22.6. The monoisotopic (exact) mass is 447 g/mol. The van der Waals surface area contributed by atoms with Crippen LogP contribution in [0, 0.1) is 0 Å². The van der Waals surface area contributed by atoms with E-state index in [0.717, 1.165) is 5.56 Å². The van der Waals surface area contributed by atoms with Gasteiger partial charge < -0.3 is 10.1 Å². The molecule has 0 spiro atoms. The number of anilines is 1. The number of hydrogen-bond acceptors (Lipinski definition) is 5. The average Bonchev–Trinajstić information content (AvgIpc) is 3.24. The van der Waals surface area contributed by atoms with Crippen LogP contribution in [-0.2, 0) is 12.6 Å². The minimum absolute atomic E-state index is 0.0401. The first-order valence-electron chi connectivity index (χ1n) is 9.75. The van der Waals surface area contributed by atoms with E-state index < -0.39 is 11.7 Å². The van der Waals surface area contributed by atoms with Gasteiger partial charge in [0, 0.05) is 31.3 Å². The number of aliphatic imine (C=N–C) groups is 1. The van der Waals surface area contributed by atoms with E-state index in [2.05, 4.69) is 29.1 Å².